The first-order valence-corrected chi connectivity index (χ1v) is 7.68. The van der Waals surface area contributed by atoms with Crippen molar-refractivity contribution in [2.24, 2.45) is 0 Å². The molecule has 0 fully saturated rings. The molecule has 0 amide bonds. The minimum absolute atomic E-state index is 0.332. The molecule has 0 bridgehead atoms. The largest absolute Gasteiger partial charge is 0.467 e. The van der Waals surface area contributed by atoms with E-state index in [2.05, 4.69) is 6.58 Å². The van der Waals surface area contributed by atoms with Crippen LogP contribution in [0.5, 0.6) is 0 Å². The summed E-state index contributed by atoms with van der Waals surface area (Å²) in [4.78, 5) is 14.7. The van der Waals surface area contributed by atoms with E-state index in [9.17, 15) is 4.79 Å². The van der Waals surface area contributed by atoms with Crippen LogP contribution in [0.3, 0.4) is 0 Å². The average molecular weight is 330 g/mol. The Hall–Kier alpha value is -2.26. The molecule has 120 valence electrons. The molecule has 2 rings (SSSR count). The summed E-state index contributed by atoms with van der Waals surface area (Å²) in [6.07, 6.45) is 2.15. The number of carbonyl (C=O) groups excluding carboxylic acids is 1. The Bertz CT molecular complexity index is 670. The van der Waals surface area contributed by atoms with Crippen molar-refractivity contribution < 1.29 is 9.53 Å². The molecule has 0 aromatic heterocycles. The van der Waals surface area contributed by atoms with Gasteiger partial charge in [-0.25, -0.2) is 4.79 Å². The van der Waals surface area contributed by atoms with E-state index >= 15 is 0 Å². The number of methoxy groups -OCH3 is 1. The maximum atomic E-state index is 12.8. The van der Waals surface area contributed by atoms with Gasteiger partial charge in [0.25, 0.3) is 0 Å². The zero-order valence-corrected chi connectivity index (χ0v) is 14.1. The van der Waals surface area contributed by atoms with Crippen molar-refractivity contribution in [2.75, 3.05) is 19.1 Å². The van der Waals surface area contributed by atoms with Gasteiger partial charge in [0, 0.05) is 24.2 Å². The molecule has 4 heteroatoms. The van der Waals surface area contributed by atoms with Gasteiger partial charge in [-0.2, -0.15) is 0 Å². The second-order valence-corrected chi connectivity index (χ2v) is 5.68. The molecular weight excluding hydrogens is 310 g/mol. The van der Waals surface area contributed by atoms with Crippen LogP contribution in [0.2, 0.25) is 5.02 Å². The second-order valence-electron chi connectivity index (χ2n) is 5.25. The van der Waals surface area contributed by atoms with Crippen LogP contribution in [0.15, 0.2) is 67.3 Å². The van der Waals surface area contributed by atoms with Crippen molar-refractivity contribution in [3.63, 3.8) is 0 Å². The van der Waals surface area contributed by atoms with Crippen molar-refractivity contribution in [2.45, 2.75) is 12.0 Å². The van der Waals surface area contributed by atoms with E-state index in [0.29, 0.717) is 11.4 Å². The highest BCUT2D eigenvalue weighted by Crippen LogP contribution is 2.37. The molecule has 0 saturated heterocycles. The molecule has 23 heavy (non-hydrogen) atoms. The van der Waals surface area contributed by atoms with Gasteiger partial charge >= 0.3 is 5.97 Å². The summed E-state index contributed by atoms with van der Waals surface area (Å²) in [5.74, 6) is -0.332. The van der Waals surface area contributed by atoms with Crippen molar-refractivity contribution >= 4 is 23.3 Å². The summed E-state index contributed by atoms with van der Waals surface area (Å²) in [7, 11) is 3.27. The van der Waals surface area contributed by atoms with Gasteiger partial charge in [0.1, 0.15) is 0 Å². The predicted octanol–water partition coefficient (Wildman–Crippen LogP) is 4.42. The molecular formula is C19H20ClNO2. The van der Waals surface area contributed by atoms with Crippen molar-refractivity contribution in [3.05, 3.63) is 77.8 Å². The number of hydrogen-bond donors (Lipinski definition) is 0. The Morgan fingerprint density at radius 2 is 1.83 bits per heavy atom. The molecule has 1 unspecified atom stereocenters. The van der Waals surface area contributed by atoms with E-state index in [1.54, 1.807) is 18.2 Å². The minimum atomic E-state index is -0.981. The summed E-state index contributed by atoms with van der Waals surface area (Å²) in [6.45, 7) is 3.82. The molecule has 1 atom stereocenters. The fraction of sp³-hybridized carbons (Fsp3) is 0.211. The maximum absolute atomic E-state index is 12.8. The van der Waals surface area contributed by atoms with E-state index in [-0.39, 0.29) is 5.97 Å². The van der Waals surface area contributed by atoms with Crippen molar-refractivity contribution in [1.29, 1.82) is 0 Å². The first-order chi connectivity index (χ1) is 11.1. The van der Waals surface area contributed by atoms with E-state index in [1.807, 2.05) is 54.4 Å². The number of hydrogen-bond acceptors (Lipinski definition) is 3. The van der Waals surface area contributed by atoms with Crippen LogP contribution in [0.4, 0.5) is 5.69 Å². The molecule has 0 N–H and O–H groups in total. The number of ether oxygens (including phenoxy) is 1. The Morgan fingerprint density at radius 1 is 1.22 bits per heavy atom. The number of anilines is 1. The molecule has 0 aliphatic heterocycles. The van der Waals surface area contributed by atoms with Crippen LogP contribution in [-0.4, -0.2) is 20.1 Å². The fourth-order valence-electron chi connectivity index (χ4n) is 2.76. The van der Waals surface area contributed by atoms with Gasteiger partial charge in [-0.05, 0) is 29.8 Å². The van der Waals surface area contributed by atoms with Gasteiger partial charge in [0.2, 0.25) is 0 Å². The Labute approximate surface area is 142 Å². The zero-order chi connectivity index (χ0) is 16.9. The fourth-order valence-corrected chi connectivity index (χ4v) is 2.89. The highest BCUT2D eigenvalue weighted by atomic mass is 35.5. The van der Waals surface area contributed by atoms with Gasteiger partial charge < -0.3 is 9.64 Å². The summed E-state index contributed by atoms with van der Waals surface area (Å²) in [5, 5.41) is 0.647. The second kappa shape index (κ2) is 7.34. The Morgan fingerprint density at radius 3 is 2.35 bits per heavy atom. The van der Waals surface area contributed by atoms with Crippen LogP contribution in [0.25, 0.3) is 0 Å². The quantitative estimate of drug-likeness (QED) is 0.580. The Kier molecular flexibility index (Phi) is 5.45. The third-order valence-corrected chi connectivity index (χ3v) is 4.25. The normalized spacial score (nSPS) is 13.0. The zero-order valence-electron chi connectivity index (χ0n) is 13.3. The molecule has 0 aliphatic carbocycles. The highest BCUT2D eigenvalue weighted by Gasteiger charge is 2.44. The molecule has 3 nitrogen and oxygen atoms in total. The van der Waals surface area contributed by atoms with Gasteiger partial charge in [-0.1, -0.05) is 48.0 Å². The number of likely N-dealkylation sites (N-methyl/N-ethyl adjacent to an activating group) is 1. The SMILES string of the molecule is C=CCC(C(=O)OC)(c1ccccc1)N(C)c1ccc(Cl)cc1. The molecule has 0 spiro atoms. The van der Waals surface area contributed by atoms with Crippen molar-refractivity contribution in [3.8, 4) is 0 Å². The maximum Gasteiger partial charge on any atom is 0.336 e. The van der Waals surface area contributed by atoms with Gasteiger partial charge in [0.05, 0.1) is 7.11 Å². The minimum Gasteiger partial charge on any atom is -0.467 e. The van der Waals surface area contributed by atoms with Crippen LogP contribution in [-0.2, 0) is 15.1 Å². The predicted molar refractivity (Wildman–Crippen MR) is 94.8 cm³/mol. The van der Waals surface area contributed by atoms with E-state index in [1.165, 1.54) is 7.11 Å². The number of nitrogens with zero attached hydrogens (tertiary/aromatic N) is 1. The van der Waals surface area contributed by atoms with Crippen molar-refractivity contribution in [1.82, 2.24) is 0 Å². The molecule has 2 aromatic carbocycles. The number of carbonyl (C=O) groups is 1. The lowest BCUT2D eigenvalue weighted by Gasteiger charge is -2.40. The van der Waals surface area contributed by atoms with E-state index < -0.39 is 5.54 Å². The van der Waals surface area contributed by atoms with Crippen LogP contribution in [0.1, 0.15) is 12.0 Å². The topological polar surface area (TPSA) is 29.5 Å². The lowest BCUT2D eigenvalue weighted by molar-refractivity contribution is -0.147. The average Bonchev–Trinajstić information content (AvgIpc) is 2.60. The number of rotatable bonds is 6. The molecule has 0 heterocycles. The number of benzene rings is 2. The Balaban J connectivity index is 2.62. The van der Waals surface area contributed by atoms with Gasteiger partial charge in [0.15, 0.2) is 5.54 Å². The van der Waals surface area contributed by atoms with Crippen LogP contribution < -0.4 is 4.90 Å². The molecule has 0 aliphatic rings. The highest BCUT2D eigenvalue weighted by molar-refractivity contribution is 6.30. The molecule has 0 radical (unpaired) electrons. The molecule has 0 saturated carbocycles. The van der Waals surface area contributed by atoms with E-state index in [0.717, 1.165) is 11.3 Å². The lowest BCUT2D eigenvalue weighted by atomic mass is 9.84. The third kappa shape index (κ3) is 3.25. The van der Waals surface area contributed by atoms with Gasteiger partial charge in [-0.15, -0.1) is 6.58 Å². The van der Waals surface area contributed by atoms with E-state index in [4.69, 9.17) is 16.3 Å². The van der Waals surface area contributed by atoms with Gasteiger partial charge in [-0.3, -0.25) is 0 Å². The first-order valence-electron chi connectivity index (χ1n) is 7.30. The lowest BCUT2D eigenvalue weighted by Crippen LogP contribution is -2.51. The van der Waals surface area contributed by atoms with Crippen LogP contribution >= 0.6 is 11.6 Å². The monoisotopic (exact) mass is 329 g/mol. The summed E-state index contributed by atoms with van der Waals surface area (Å²) >= 11 is 5.97. The number of esters is 1. The standard InChI is InChI=1S/C19H20ClNO2/c1-4-14-19(18(22)23-3,15-8-6-5-7-9-15)21(2)17-12-10-16(20)11-13-17/h4-13H,1,14H2,2-3H3. The first kappa shape index (κ1) is 17.1. The summed E-state index contributed by atoms with van der Waals surface area (Å²) in [6, 6.07) is 16.9. The molecule has 2 aromatic rings. The third-order valence-electron chi connectivity index (χ3n) is 4.00. The van der Waals surface area contributed by atoms with Crippen LogP contribution in [0, 0.1) is 0 Å². The number of halogens is 1. The smallest absolute Gasteiger partial charge is 0.336 e. The summed E-state index contributed by atoms with van der Waals surface area (Å²) < 4.78 is 5.13. The summed E-state index contributed by atoms with van der Waals surface area (Å²) in [5.41, 5.74) is 0.737.